The van der Waals surface area contributed by atoms with E-state index in [-0.39, 0.29) is 0 Å². The molecule has 2 N–H and O–H groups in total. The van der Waals surface area contributed by atoms with Crippen LogP contribution in [0.5, 0.6) is 0 Å². The van der Waals surface area contributed by atoms with E-state index in [0.717, 1.165) is 37.0 Å². The van der Waals surface area contributed by atoms with Crippen LogP contribution in [0.4, 0.5) is 5.82 Å². The van der Waals surface area contributed by atoms with Gasteiger partial charge in [0.05, 0.1) is 0 Å². The summed E-state index contributed by atoms with van der Waals surface area (Å²) in [6.45, 7) is 11.5. The van der Waals surface area contributed by atoms with Crippen LogP contribution in [0.2, 0.25) is 0 Å². The first kappa shape index (κ1) is 14.3. The minimum Gasteiger partial charge on any atom is -0.356 e. The molecule has 0 saturated carbocycles. The van der Waals surface area contributed by atoms with Crippen molar-refractivity contribution in [2.75, 3.05) is 24.5 Å². The van der Waals surface area contributed by atoms with Crippen LogP contribution in [-0.2, 0) is 0 Å². The second-order valence-corrected chi connectivity index (χ2v) is 6.09. The Kier molecular flexibility index (Phi) is 4.40. The lowest BCUT2D eigenvalue weighted by atomic mass is 9.87. The zero-order valence-corrected chi connectivity index (χ0v) is 12.6. The number of nitrogens with two attached hydrogens (primary N) is 1. The number of piperidine rings is 1. The van der Waals surface area contributed by atoms with Gasteiger partial charge in [0.25, 0.3) is 0 Å². The third-order valence-corrected chi connectivity index (χ3v) is 4.12. The van der Waals surface area contributed by atoms with Gasteiger partial charge in [-0.3, -0.25) is 0 Å². The van der Waals surface area contributed by atoms with E-state index in [2.05, 4.69) is 36.7 Å². The Labute approximate surface area is 116 Å². The number of aryl methyl sites for hydroxylation is 1. The summed E-state index contributed by atoms with van der Waals surface area (Å²) in [5.74, 6) is 3.67. The van der Waals surface area contributed by atoms with E-state index in [1.165, 1.54) is 6.42 Å². The molecule has 1 aliphatic heterocycles. The molecule has 1 aromatic rings. The van der Waals surface area contributed by atoms with Gasteiger partial charge in [-0.05, 0) is 31.7 Å². The first-order valence-electron chi connectivity index (χ1n) is 7.31. The number of hydrogen-bond acceptors (Lipinski definition) is 4. The largest absolute Gasteiger partial charge is 0.356 e. The maximum atomic E-state index is 5.88. The SMILES string of the molecule is Cc1cc(N2CCC(C)C(CN)C2)nc(C(C)C)n1. The summed E-state index contributed by atoms with van der Waals surface area (Å²) < 4.78 is 0. The zero-order valence-electron chi connectivity index (χ0n) is 12.6. The van der Waals surface area contributed by atoms with Crippen LogP contribution in [0, 0.1) is 18.8 Å². The molecule has 106 valence electrons. The second kappa shape index (κ2) is 5.87. The molecule has 2 rings (SSSR count). The highest BCUT2D eigenvalue weighted by Crippen LogP contribution is 2.26. The number of hydrogen-bond donors (Lipinski definition) is 1. The van der Waals surface area contributed by atoms with E-state index in [9.17, 15) is 0 Å². The fourth-order valence-corrected chi connectivity index (χ4v) is 2.66. The standard InChI is InChI=1S/C15H26N4/c1-10(2)15-17-12(4)7-14(18-15)19-6-5-11(3)13(8-16)9-19/h7,10-11,13H,5-6,8-9,16H2,1-4H3. The molecule has 4 nitrogen and oxygen atoms in total. The first-order valence-corrected chi connectivity index (χ1v) is 7.31. The molecule has 0 radical (unpaired) electrons. The van der Waals surface area contributed by atoms with E-state index in [4.69, 9.17) is 10.7 Å². The zero-order chi connectivity index (χ0) is 14.0. The van der Waals surface area contributed by atoms with E-state index in [1.54, 1.807) is 0 Å². The molecule has 2 unspecified atom stereocenters. The van der Waals surface area contributed by atoms with Gasteiger partial charge in [-0.1, -0.05) is 20.8 Å². The van der Waals surface area contributed by atoms with Crippen molar-refractivity contribution < 1.29 is 0 Å². The number of aromatic nitrogens is 2. The van der Waals surface area contributed by atoms with Gasteiger partial charge in [0.15, 0.2) is 0 Å². The van der Waals surface area contributed by atoms with Gasteiger partial charge < -0.3 is 10.6 Å². The highest BCUT2D eigenvalue weighted by atomic mass is 15.2. The van der Waals surface area contributed by atoms with Crippen molar-refractivity contribution >= 4 is 5.82 Å². The summed E-state index contributed by atoms with van der Waals surface area (Å²) >= 11 is 0. The number of nitrogens with zero attached hydrogens (tertiary/aromatic N) is 3. The summed E-state index contributed by atoms with van der Waals surface area (Å²) in [6.07, 6.45) is 1.20. The quantitative estimate of drug-likeness (QED) is 0.908. The van der Waals surface area contributed by atoms with Crippen molar-refractivity contribution in [3.63, 3.8) is 0 Å². The van der Waals surface area contributed by atoms with Crippen molar-refractivity contribution in [1.82, 2.24) is 9.97 Å². The molecule has 0 amide bonds. The first-order chi connectivity index (χ1) is 9.01. The van der Waals surface area contributed by atoms with Gasteiger partial charge >= 0.3 is 0 Å². The smallest absolute Gasteiger partial charge is 0.133 e. The van der Waals surface area contributed by atoms with Gasteiger partial charge in [0.1, 0.15) is 11.6 Å². The van der Waals surface area contributed by atoms with E-state index in [1.807, 2.05) is 6.92 Å². The Bertz CT molecular complexity index is 430. The van der Waals surface area contributed by atoms with Gasteiger partial charge in [0.2, 0.25) is 0 Å². The van der Waals surface area contributed by atoms with Crippen molar-refractivity contribution in [3.8, 4) is 0 Å². The van der Waals surface area contributed by atoms with E-state index < -0.39 is 0 Å². The predicted octanol–water partition coefficient (Wildman–Crippen LogP) is 2.33. The molecule has 1 aromatic heterocycles. The normalized spacial score (nSPS) is 24.0. The number of rotatable bonds is 3. The third-order valence-electron chi connectivity index (χ3n) is 4.12. The van der Waals surface area contributed by atoms with Crippen LogP contribution in [0.3, 0.4) is 0 Å². The van der Waals surface area contributed by atoms with Gasteiger partial charge in [0, 0.05) is 30.8 Å². The summed E-state index contributed by atoms with van der Waals surface area (Å²) in [5.41, 5.74) is 6.93. The van der Waals surface area contributed by atoms with E-state index in [0.29, 0.717) is 17.8 Å². The Morgan fingerprint density at radius 2 is 2.16 bits per heavy atom. The fraction of sp³-hybridized carbons (Fsp3) is 0.733. The summed E-state index contributed by atoms with van der Waals surface area (Å²) in [6, 6.07) is 2.09. The molecular formula is C15H26N4. The van der Waals surface area contributed by atoms with Crippen LogP contribution in [0.25, 0.3) is 0 Å². The summed E-state index contributed by atoms with van der Waals surface area (Å²) in [7, 11) is 0. The molecule has 0 aliphatic carbocycles. The highest BCUT2D eigenvalue weighted by Gasteiger charge is 2.26. The molecule has 19 heavy (non-hydrogen) atoms. The minimum atomic E-state index is 0.368. The van der Waals surface area contributed by atoms with Gasteiger partial charge in [-0.2, -0.15) is 0 Å². The molecule has 0 bridgehead atoms. The predicted molar refractivity (Wildman–Crippen MR) is 79.4 cm³/mol. The van der Waals surface area contributed by atoms with Crippen molar-refractivity contribution in [2.45, 2.75) is 40.0 Å². The molecule has 4 heteroatoms. The Balaban J connectivity index is 2.22. The fourth-order valence-electron chi connectivity index (χ4n) is 2.66. The maximum absolute atomic E-state index is 5.88. The van der Waals surface area contributed by atoms with Crippen LogP contribution in [0.15, 0.2) is 6.07 Å². The monoisotopic (exact) mass is 262 g/mol. The summed E-state index contributed by atoms with van der Waals surface area (Å²) in [5, 5.41) is 0. The molecule has 1 fully saturated rings. The topological polar surface area (TPSA) is 55.0 Å². The minimum absolute atomic E-state index is 0.368. The average Bonchev–Trinajstić information content (AvgIpc) is 2.38. The average molecular weight is 262 g/mol. The van der Waals surface area contributed by atoms with Crippen molar-refractivity contribution in [3.05, 3.63) is 17.6 Å². The van der Waals surface area contributed by atoms with Crippen LogP contribution in [0.1, 0.15) is 44.6 Å². The number of anilines is 1. The molecule has 2 atom stereocenters. The lowest BCUT2D eigenvalue weighted by molar-refractivity contribution is 0.306. The maximum Gasteiger partial charge on any atom is 0.133 e. The Morgan fingerprint density at radius 1 is 1.42 bits per heavy atom. The lowest BCUT2D eigenvalue weighted by Crippen LogP contribution is -2.43. The third kappa shape index (κ3) is 3.24. The van der Waals surface area contributed by atoms with Crippen molar-refractivity contribution in [2.24, 2.45) is 17.6 Å². The molecular weight excluding hydrogens is 236 g/mol. The molecule has 1 aliphatic rings. The Morgan fingerprint density at radius 3 is 2.79 bits per heavy atom. The van der Waals surface area contributed by atoms with Gasteiger partial charge in [-0.25, -0.2) is 9.97 Å². The van der Waals surface area contributed by atoms with Crippen molar-refractivity contribution in [1.29, 1.82) is 0 Å². The molecule has 0 spiro atoms. The van der Waals surface area contributed by atoms with E-state index >= 15 is 0 Å². The Hall–Kier alpha value is -1.16. The molecule has 0 aromatic carbocycles. The highest BCUT2D eigenvalue weighted by molar-refractivity contribution is 5.40. The lowest BCUT2D eigenvalue weighted by Gasteiger charge is -2.37. The summed E-state index contributed by atoms with van der Waals surface area (Å²) in [4.78, 5) is 11.6. The molecule has 1 saturated heterocycles. The van der Waals surface area contributed by atoms with Crippen LogP contribution in [-0.4, -0.2) is 29.6 Å². The molecule has 2 heterocycles. The second-order valence-electron chi connectivity index (χ2n) is 6.09. The van der Waals surface area contributed by atoms with Crippen LogP contribution >= 0.6 is 0 Å². The van der Waals surface area contributed by atoms with Gasteiger partial charge in [-0.15, -0.1) is 0 Å². The van der Waals surface area contributed by atoms with Crippen LogP contribution < -0.4 is 10.6 Å².